The van der Waals surface area contributed by atoms with Gasteiger partial charge in [0.2, 0.25) is 0 Å². The van der Waals surface area contributed by atoms with Crippen LogP contribution in [-0.4, -0.2) is 26.4 Å². The van der Waals surface area contributed by atoms with Crippen molar-refractivity contribution in [1.82, 2.24) is 9.55 Å². The summed E-state index contributed by atoms with van der Waals surface area (Å²) in [6.07, 6.45) is 1.71. The normalized spacial score (nSPS) is 12.3. The first-order valence-electron chi connectivity index (χ1n) is 6.13. The van der Waals surface area contributed by atoms with Crippen LogP contribution in [0.4, 0.5) is 4.39 Å². The maximum Gasteiger partial charge on any atom is 0.313 e. The van der Waals surface area contributed by atoms with E-state index in [1.54, 1.807) is 18.3 Å². The molecule has 2 aromatic rings. The van der Waals surface area contributed by atoms with Gasteiger partial charge in [-0.15, -0.1) is 0 Å². The van der Waals surface area contributed by atoms with Crippen molar-refractivity contribution in [1.29, 1.82) is 0 Å². The van der Waals surface area contributed by atoms with E-state index in [1.165, 1.54) is 23.9 Å². The Morgan fingerprint density at radius 2 is 2.10 bits per heavy atom. The molecule has 1 N–H and O–H groups in total. The fraction of sp³-hybridized carbons (Fsp3) is 0.286. The minimum absolute atomic E-state index is 0.0330. The van der Waals surface area contributed by atoms with Crippen molar-refractivity contribution in [3.63, 3.8) is 0 Å². The van der Waals surface area contributed by atoms with Crippen LogP contribution in [-0.2, 0) is 4.79 Å². The van der Waals surface area contributed by atoms with Gasteiger partial charge in [-0.3, -0.25) is 4.79 Å². The van der Waals surface area contributed by atoms with Crippen molar-refractivity contribution in [3.05, 3.63) is 47.5 Å². The Kier molecular flexibility index (Phi) is 4.44. The van der Waals surface area contributed by atoms with Crippen LogP contribution in [0.15, 0.2) is 35.6 Å². The Morgan fingerprint density at radius 1 is 1.45 bits per heavy atom. The molecule has 0 aliphatic rings. The molecule has 0 aliphatic carbocycles. The molecule has 6 heteroatoms. The Hall–Kier alpha value is -1.82. The summed E-state index contributed by atoms with van der Waals surface area (Å²) in [6.45, 7) is 3.89. The van der Waals surface area contributed by atoms with Crippen molar-refractivity contribution in [2.75, 3.05) is 5.75 Å². The summed E-state index contributed by atoms with van der Waals surface area (Å²) < 4.78 is 14.9. The largest absolute Gasteiger partial charge is 0.481 e. The van der Waals surface area contributed by atoms with Crippen LogP contribution in [0.3, 0.4) is 0 Å². The number of aliphatic carboxylic acids is 1. The fourth-order valence-electron chi connectivity index (χ4n) is 2.02. The number of nitrogens with zero attached hydrogens (tertiary/aromatic N) is 2. The molecule has 1 aromatic heterocycles. The van der Waals surface area contributed by atoms with E-state index in [-0.39, 0.29) is 17.6 Å². The van der Waals surface area contributed by atoms with Gasteiger partial charge in [0.05, 0.1) is 11.8 Å². The minimum Gasteiger partial charge on any atom is -0.481 e. The minimum atomic E-state index is -0.878. The Morgan fingerprint density at radius 3 is 2.70 bits per heavy atom. The monoisotopic (exact) mass is 294 g/mol. The highest BCUT2D eigenvalue weighted by Gasteiger charge is 2.16. The van der Waals surface area contributed by atoms with Crippen molar-refractivity contribution in [2.24, 2.45) is 0 Å². The third-order valence-electron chi connectivity index (χ3n) is 3.01. The van der Waals surface area contributed by atoms with E-state index in [2.05, 4.69) is 4.98 Å². The SMILES string of the molecule is Cc1cnc(SCC(=O)O)n1C(C)c1ccc(F)cc1. The quantitative estimate of drug-likeness (QED) is 0.861. The molecular formula is C14H15FN2O2S. The van der Waals surface area contributed by atoms with Crippen LogP contribution in [0.2, 0.25) is 0 Å². The number of aryl methyl sites for hydroxylation is 1. The van der Waals surface area contributed by atoms with E-state index in [4.69, 9.17) is 5.11 Å². The average molecular weight is 294 g/mol. The highest BCUT2D eigenvalue weighted by atomic mass is 32.2. The van der Waals surface area contributed by atoms with Gasteiger partial charge in [0.1, 0.15) is 5.82 Å². The predicted octanol–water partition coefficient (Wildman–Crippen LogP) is 3.12. The van der Waals surface area contributed by atoms with Gasteiger partial charge >= 0.3 is 5.97 Å². The molecule has 0 fully saturated rings. The van der Waals surface area contributed by atoms with Gasteiger partial charge in [-0.2, -0.15) is 0 Å². The van der Waals surface area contributed by atoms with E-state index in [0.29, 0.717) is 5.16 Å². The van der Waals surface area contributed by atoms with E-state index in [1.807, 2.05) is 18.4 Å². The molecule has 0 spiro atoms. The molecule has 1 aromatic carbocycles. The number of aromatic nitrogens is 2. The lowest BCUT2D eigenvalue weighted by Gasteiger charge is -2.18. The summed E-state index contributed by atoms with van der Waals surface area (Å²) in [4.78, 5) is 14.9. The molecule has 0 radical (unpaired) electrons. The lowest BCUT2D eigenvalue weighted by atomic mass is 10.1. The zero-order chi connectivity index (χ0) is 14.7. The standard InChI is InChI=1S/C14H15FN2O2S/c1-9-7-16-14(20-8-13(18)19)17(9)10(2)11-3-5-12(15)6-4-11/h3-7,10H,8H2,1-2H3,(H,18,19). The van der Waals surface area contributed by atoms with Gasteiger partial charge in [-0.1, -0.05) is 23.9 Å². The lowest BCUT2D eigenvalue weighted by Crippen LogP contribution is -2.11. The second kappa shape index (κ2) is 6.09. The zero-order valence-corrected chi connectivity index (χ0v) is 12.0. The molecule has 2 rings (SSSR count). The number of benzene rings is 1. The first kappa shape index (κ1) is 14.6. The van der Waals surface area contributed by atoms with Crippen LogP contribution in [0.1, 0.15) is 24.2 Å². The molecule has 1 heterocycles. The molecule has 1 atom stereocenters. The topological polar surface area (TPSA) is 55.1 Å². The number of hydrogen-bond donors (Lipinski definition) is 1. The summed E-state index contributed by atoms with van der Waals surface area (Å²) in [7, 11) is 0. The highest BCUT2D eigenvalue weighted by Crippen LogP contribution is 2.27. The van der Waals surface area contributed by atoms with Gasteiger partial charge < -0.3 is 9.67 Å². The van der Waals surface area contributed by atoms with Crippen LogP contribution in [0.25, 0.3) is 0 Å². The lowest BCUT2D eigenvalue weighted by molar-refractivity contribution is -0.133. The molecule has 0 amide bonds. The van der Waals surface area contributed by atoms with Crippen molar-refractivity contribution in [3.8, 4) is 0 Å². The fourth-order valence-corrected chi connectivity index (χ4v) is 2.84. The van der Waals surface area contributed by atoms with Gasteiger partial charge in [0, 0.05) is 11.9 Å². The summed E-state index contributed by atoms with van der Waals surface area (Å²) in [5, 5.41) is 9.41. The zero-order valence-electron chi connectivity index (χ0n) is 11.2. The number of carboxylic acids is 1. The summed E-state index contributed by atoms with van der Waals surface area (Å²) in [5.74, 6) is -1.19. The average Bonchev–Trinajstić information content (AvgIpc) is 2.77. The summed E-state index contributed by atoms with van der Waals surface area (Å²) in [6, 6.07) is 6.26. The maximum atomic E-state index is 13.0. The molecule has 0 bridgehead atoms. The van der Waals surface area contributed by atoms with Crippen LogP contribution in [0.5, 0.6) is 0 Å². The molecular weight excluding hydrogens is 279 g/mol. The van der Waals surface area contributed by atoms with Crippen molar-refractivity contribution >= 4 is 17.7 Å². The van der Waals surface area contributed by atoms with Gasteiger partial charge in [-0.25, -0.2) is 9.37 Å². The Balaban J connectivity index is 2.28. The summed E-state index contributed by atoms with van der Waals surface area (Å²) >= 11 is 1.18. The van der Waals surface area contributed by atoms with E-state index < -0.39 is 5.97 Å². The molecule has 106 valence electrons. The van der Waals surface area contributed by atoms with Crippen LogP contribution >= 0.6 is 11.8 Å². The molecule has 0 saturated heterocycles. The number of thioether (sulfide) groups is 1. The van der Waals surface area contributed by atoms with E-state index in [9.17, 15) is 9.18 Å². The van der Waals surface area contributed by atoms with Crippen LogP contribution < -0.4 is 0 Å². The number of imidazole rings is 1. The molecule has 0 aliphatic heterocycles. The third-order valence-corrected chi connectivity index (χ3v) is 3.96. The van der Waals surface area contributed by atoms with E-state index in [0.717, 1.165) is 11.3 Å². The van der Waals surface area contributed by atoms with Crippen molar-refractivity contribution < 1.29 is 14.3 Å². The maximum absolute atomic E-state index is 13.0. The number of carbonyl (C=O) groups is 1. The Labute approximate surface area is 120 Å². The van der Waals surface area contributed by atoms with Crippen LogP contribution in [0, 0.1) is 12.7 Å². The van der Waals surface area contributed by atoms with Gasteiger partial charge in [0.15, 0.2) is 5.16 Å². The molecule has 0 saturated carbocycles. The smallest absolute Gasteiger partial charge is 0.313 e. The molecule has 4 nitrogen and oxygen atoms in total. The second-order valence-corrected chi connectivity index (χ2v) is 5.40. The molecule has 20 heavy (non-hydrogen) atoms. The molecule has 1 unspecified atom stereocenters. The van der Waals surface area contributed by atoms with Gasteiger partial charge in [0.25, 0.3) is 0 Å². The number of halogens is 1. The predicted molar refractivity (Wildman–Crippen MR) is 75.5 cm³/mol. The first-order chi connectivity index (χ1) is 9.49. The van der Waals surface area contributed by atoms with E-state index >= 15 is 0 Å². The summed E-state index contributed by atoms with van der Waals surface area (Å²) in [5.41, 5.74) is 1.89. The number of carboxylic acid groups (broad SMARTS) is 1. The van der Waals surface area contributed by atoms with Crippen molar-refractivity contribution in [2.45, 2.75) is 25.0 Å². The number of hydrogen-bond acceptors (Lipinski definition) is 3. The van der Waals surface area contributed by atoms with Gasteiger partial charge in [-0.05, 0) is 31.5 Å². The Bertz CT molecular complexity index is 610. The third kappa shape index (κ3) is 3.19. The first-order valence-corrected chi connectivity index (χ1v) is 7.11. The second-order valence-electron chi connectivity index (χ2n) is 4.46. The number of rotatable bonds is 5. The highest BCUT2D eigenvalue weighted by molar-refractivity contribution is 7.99.